The predicted molar refractivity (Wildman–Crippen MR) is 409 cm³/mol. The number of rotatable bonds is 76. The van der Waals surface area contributed by atoms with E-state index in [-0.39, 0.29) is 25.7 Å². The Morgan fingerprint density at radius 3 is 0.790 bits per heavy atom. The van der Waals surface area contributed by atoms with Crippen LogP contribution in [0.25, 0.3) is 0 Å². The molecule has 0 amide bonds. The van der Waals surface area contributed by atoms with Crippen LogP contribution in [-0.4, -0.2) is 96.7 Å². The number of aliphatic hydroxyl groups is 1. The van der Waals surface area contributed by atoms with Crippen molar-refractivity contribution in [1.82, 2.24) is 0 Å². The van der Waals surface area contributed by atoms with Crippen LogP contribution in [-0.2, 0) is 65.4 Å². The SMILES string of the molecule is CCCCC/C=C\C/C=C\C/C=C\CCCCCCCCC(=O)OCC(COP(=O)(O)OCC(O)COP(=O)(O)OCC(COC(=O)CCCCCCC/C=C\CCCCCCCC)OC(=O)CCCCCCC/C=C\CCCCCC)OC(=O)CCCCCCC/C=C\CCCCCC. The van der Waals surface area contributed by atoms with Gasteiger partial charge in [-0.15, -0.1) is 0 Å². The van der Waals surface area contributed by atoms with Gasteiger partial charge < -0.3 is 33.8 Å². The van der Waals surface area contributed by atoms with Crippen LogP contribution in [0.4, 0.5) is 0 Å². The van der Waals surface area contributed by atoms with Crippen LogP contribution in [0, 0.1) is 0 Å². The van der Waals surface area contributed by atoms with E-state index in [1.165, 1.54) is 109 Å². The Morgan fingerprint density at radius 2 is 0.490 bits per heavy atom. The van der Waals surface area contributed by atoms with Gasteiger partial charge in [-0.1, -0.05) is 268 Å². The van der Waals surface area contributed by atoms with Gasteiger partial charge in [0.1, 0.15) is 19.3 Å². The van der Waals surface area contributed by atoms with E-state index < -0.39 is 97.5 Å². The zero-order chi connectivity index (χ0) is 73.2. The zero-order valence-corrected chi connectivity index (χ0v) is 65.4. The molecule has 0 radical (unpaired) electrons. The number of esters is 4. The largest absolute Gasteiger partial charge is 0.472 e. The summed E-state index contributed by atoms with van der Waals surface area (Å²) in [6, 6.07) is 0. The summed E-state index contributed by atoms with van der Waals surface area (Å²) in [7, 11) is -9.95. The van der Waals surface area contributed by atoms with Crippen LogP contribution in [0.3, 0.4) is 0 Å². The predicted octanol–water partition coefficient (Wildman–Crippen LogP) is 23.2. The number of aliphatic hydroxyl groups excluding tert-OH is 1. The Kier molecular flexibility index (Phi) is 71.2. The summed E-state index contributed by atoms with van der Waals surface area (Å²) in [5.74, 6) is -2.19. The monoisotopic (exact) mass is 1450 g/mol. The molecule has 0 rings (SSSR count). The number of hydrogen-bond donors (Lipinski definition) is 3. The van der Waals surface area contributed by atoms with Crippen LogP contribution in [0.2, 0.25) is 0 Å². The van der Waals surface area contributed by atoms with E-state index in [0.717, 1.165) is 173 Å². The smallest absolute Gasteiger partial charge is 0.462 e. The quantitative estimate of drug-likeness (QED) is 0.0169. The van der Waals surface area contributed by atoms with Gasteiger partial charge in [-0.05, 0) is 141 Å². The normalized spacial score (nSPS) is 14.3. The second kappa shape index (κ2) is 73.8. The molecule has 5 atom stereocenters. The van der Waals surface area contributed by atoms with Crippen molar-refractivity contribution in [2.24, 2.45) is 0 Å². The molecule has 0 aliphatic carbocycles. The number of hydrogen-bond acceptors (Lipinski definition) is 15. The van der Waals surface area contributed by atoms with Gasteiger partial charge in [0.05, 0.1) is 26.4 Å². The van der Waals surface area contributed by atoms with Crippen molar-refractivity contribution >= 4 is 39.5 Å². The van der Waals surface area contributed by atoms with E-state index in [1.807, 2.05) is 0 Å². The lowest BCUT2D eigenvalue weighted by molar-refractivity contribution is -0.161. The third-order valence-corrected chi connectivity index (χ3v) is 19.0. The van der Waals surface area contributed by atoms with Crippen molar-refractivity contribution in [2.45, 2.75) is 380 Å². The van der Waals surface area contributed by atoms with Crippen molar-refractivity contribution in [3.63, 3.8) is 0 Å². The summed E-state index contributed by atoms with van der Waals surface area (Å²) in [4.78, 5) is 72.9. The molecule has 0 aliphatic heterocycles. The molecule has 0 saturated carbocycles. The molecule has 0 fully saturated rings. The average Bonchev–Trinajstić information content (AvgIpc) is 0.935. The highest BCUT2D eigenvalue weighted by molar-refractivity contribution is 7.47. The van der Waals surface area contributed by atoms with Gasteiger partial charge in [-0.2, -0.15) is 0 Å². The summed E-state index contributed by atoms with van der Waals surface area (Å²) in [5, 5.41) is 10.6. The van der Waals surface area contributed by atoms with Gasteiger partial charge in [-0.25, -0.2) is 9.13 Å². The molecule has 0 aromatic carbocycles. The summed E-state index contributed by atoms with van der Waals surface area (Å²) >= 11 is 0. The molecular weight excluding hydrogens is 1310 g/mol. The number of carbonyl (C=O) groups is 4. The molecule has 0 saturated heterocycles. The molecule has 0 heterocycles. The Bertz CT molecular complexity index is 2180. The number of carbonyl (C=O) groups excluding carboxylic acids is 4. The first kappa shape index (κ1) is 96.5. The van der Waals surface area contributed by atoms with Gasteiger partial charge in [-0.3, -0.25) is 37.3 Å². The second-order valence-electron chi connectivity index (χ2n) is 27.0. The van der Waals surface area contributed by atoms with Crippen LogP contribution in [0.15, 0.2) is 72.9 Å². The second-order valence-corrected chi connectivity index (χ2v) is 29.9. The molecule has 100 heavy (non-hydrogen) atoms. The number of allylic oxidation sites excluding steroid dienone is 12. The van der Waals surface area contributed by atoms with Gasteiger partial charge in [0, 0.05) is 25.7 Å². The van der Waals surface area contributed by atoms with Crippen molar-refractivity contribution in [2.75, 3.05) is 39.6 Å². The molecule has 17 nitrogen and oxygen atoms in total. The minimum atomic E-state index is -4.98. The highest BCUT2D eigenvalue weighted by Crippen LogP contribution is 2.45. The maximum atomic E-state index is 13.1. The van der Waals surface area contributed by atoms with Gasteiger partial charge in [0.15, 0.2) is 12.2 Å². The van der Waals surface area contributed by atoms with E-state index in [9.17, 15) is 43.2 Å². The molecule has 19 heteroatoms. The molecule has 0 aromatic heterocycles. The maximum absolute atomic E-state index is 13.1. The van der Waals surface area contributed by atoms with Crippen molar-refractivity contribution < 1.29 is 80.2 Å². The number of ether oxygens (including phenoxy) is 4. The number of phosphoric acid groups is 2. The Hall–Kier alpha value is -3.50. The zero-order valence-electron chi connectivity index (χ0n) is 63.6. The van der Waals surface area contributed by atoms with E-state index >= 15 is 0 Å². The summed E-state index contributed by atoms with van der Waals surface area (Å²) in [6.07, 6.45) is 74.5. The highest BCUT2D eigenvalue weighted by Gasteiger charge is 2.30. The third kappa shape index (κ3) is 72.8. The first-order chi connectivity index (χ1) is 48.7. The maximum Gasteiger partial charge on any atom is 0.472 e. The Labute approximate surface area is 609 Å². The molecule has 0 aliphatic rings. The lowest BCUT2D eigenvalue weighted by atomic mass is 10.1. The molecule has 0 spiro atoms. The Balaban J connectivity index is 5.33. The van der Waals surface area contributed by atoms with Crippen LogP contribution >= 0.6 is 15.6 Å². The fraction of sp³-hybridized carbons (Fsp3) is 0.802. The number of unbranched alkanes of at least 4 members (excludes halogenated alkanes) is 38. The average molecular weight is 1450 g/mol. The minimum Gasteiger partial charge on any atom is -0.462 e. The molecule has 582 valence electrons. The van der Waals surface area contributed by atoms with E-state index in [0.29, 0.717) is 25.7 Å². The molecular formula is C81H146O17P2. The standard InChI is InChI=1S/C81H146O17P2/c1-5-9-13-17-21-25-29-33-35-36-37-38-40-44-46-50-54-58-62-66-79(84)92-72-77(98-81(86)68-64-60-56-52-48-42-32-28-24-20-16-12-8-4)74-96-100(89,90)94-70-75(82)69-93-99(87,88)95-73-76(97-80(85)67-63-59-55-51-47-41-31-27-23-19-15-11-7-3)71-91-78(83)65-61-57-53-49-45-43-39-34-30-26-22-18-14-10-6-2/h21,25,27-28,31-35,37-39,75-77,82H,5-20,22-24,26,29-30,36,40-74H2,1-4H3,(H,87,88)(H,89,90)/b25-21-,31-27-,32-28-,35-33-,38-37-,39-34-. The topological polar surface area (TPSA) is 237 Å². The summed E-state index contributed by atoms with van der Waals surface area (Å²) < 4.78 is 68.6. The molecule has 0 bridgehead atoms. The van der Waals surface area contributed by atoms with Crippen molar-refractivity contribution in [3.8, 4) is 0 Å². The van der Waals surface area contributed by atoms with Crippen molar-refractivity contribution in [1.29, 1.82) is 0 Å². The lowest BCUT2D eigenvalue weighted by Crippen LogP contribution is -2.30. The van der Waals surface area contributed by atoms with E-state index in [1.54, 1.807) is 0 Å². The molecule has 3 N–H and O–H groups in total. The van der Waals surface area contributed by atoms with Gasteiger partial charge in [0.2, 0.25) is 0 Å². The van der Waals surface area contributed by atoms with Gasteiger partial charge >= 0.3 is 39.5 Å². The first-order valence-corrected chi connectivity index (χ1v) is 43.2. The first-order valence-electron chi connectivity index (χ1n) is 40.2. The molecule has 5 unspecified atom stereocenters. The molecule has 0 aromatic rings. The Morgan fingerprint density at radius 1 is 0.280 bits per heavy atom. The third-order valence-electron chi connectivity index (χ3n) is 17.1. The van der Waals surface area contributed by atoms with E-state index in [4.69, 9.17) is 37.0 Å². The van der Waals surface area contributed by atoms with Gasteiger partial charge in [0.25, 0.3) is 0 Å². The minimum absolute atomic E-state index is 0.0840. The number of phosphoric ester groups is 2. The fourth-order valence-corrected chi connectivity index (χ4v) is 12.5. The van der Waals surface area contributed by atoms with Crippen molar-refractivity contribution in [3.05, 3.63) is 72.9 Å². The van der Waals surface area contributed by atoms with Crippen LogP contribution in [0.5, 0.6) is 0 Å². The summed E-state index contributed by atoms with van der Waals surface area (Å²) in [6.45, 7) is 4.82. The summed E-state index contributed by atoms with van der Waals surface area (Å²) in [5.41, 5.74) is 0. The highest BCUT2D eigenvalue weighted by atomic mass is 31.2. The van der Waals surface area contributed by atoms with Crippen LogP contribution < -0.4 is 0 Å². The fourth-order valence-electron chi connectivity index (χ4n) is 10.9. The van der Waals surface area contributed by atoms with Crippen LogP contribution in [0.1, 0.15) is 362 Å². The lowest BCUT2D eigenvalue weighted by Gasteiger charge is -2.21. The van der Waals surface area contributed by atoms with E-state index in [2.05, 4.69) is 101 Å².